The summed E-state index contributed by atoms with van der Waals surface area (Å²) in [5.41, 5.74) is 3.02. The molecule has 2 aliphatic heterocycles. The Morgan fingerprint density at radius 3 is 2.65 bits per heavy atom. The van der Waals surface area contributed by atoms with E-state index in [-0.39, 0.29) is 34.8 Å². The highest BCUT2D eigenvalue weighted by atomic mass is 32.2. The number of carbonyl (C=O) groups excluding carboxylic acids is 1. The summed E-state index contributed by atoms with van der Waals surface area (Å²) in [4.78, 5) is 36.8. The second-order valence-electron chi connectivity index (χ2n) is 14.8. The number of nitrogens with one attached hydrogen (secondary N) is 3. The minimum atomic E-state index is -4.56. The molecule has 2 saturated heterocycles. The fourth-order valence-electron chi connectivity index (χ4n) is 8.12. The van der Waals surface area contributed by atoms with Crippen LogP contribution in [0.4, 0.5) is 21.5 Å². The maximum atomic E-state index is 14.8. The lowest BCUT2D eigenvalue weighted by molar-refractivity contribution is -0.384. The van der Waals surface area contributed by atoms with Crippen LogP contribution in [0, 0.1) is 21.8 Å². The molecule has 0 spiro atoms. The van der Waals surface area contributed by atoms with Gasteiger partial charge in [0.15, 0.2) is 0 Å². The molecule has 1 amide bonds. The van der Waals surface area contributed by atoms with E-state index in [4.69, 9.17) is 9.47 Å². The number of hydrogen-bond donors (Lipinski definition) is 3. The Morgan fingerprint density at radius 1 is 1.02 bits per heavy atom. The molecule has 5 aromatic rings. The fourth-order valence-corrected chi connectivity index (χ4v) is 9.11. The zero-order valence-corrected chi connectivity index (χ0v) is 32.1. The second kappa shape index (κ2) is 16.5. The Morgan fingerprint density at radius 2 is 1.84 bits per heavy atom. The minimum absolute atomic E-state index is 0.0588. The number of piperazine rings is 1. The number of nitro benzene ring substituents is 1. The van der Waals surface area contributed by atoms with Gasteiger partial charge in [0.2, 0.25) is 0 Å². The molecule has 3 aliphatic rings. The summed E-state index contributed by atoms with van der Waals surface area (Å²) in [7, 11) is -4.56. The summed E-state index contributed by atoms with van der Waals surface area (Å²) in [6, 6.07) is 17.6. The number of sulfonamides is 1. The van der Waals surface area contributed by atoms with Crippen LogP contribution >= 0.6 is 0 Å². The molecule has 16 heteroatoms. The Balaban J connectivity index is 1.02. The smallest absolute Gasteiger partial charge is 0.293 e. The van der Waals surface area contributed by atoms with Crippen molar-refractivity contribution < 1.29 is 32.0 Å². The fraction of sp³-hybridized carbons (Fsp3) is 0.366. The number of nitrogens with zero attached hydrogens (tertiary/aromatic N) is 4. The Bertz CT molecular complexity index is 2390. The zero-order valence-electron chi connectivity index (χ0n) is 31.3. The summed E-state index contributed by atoms with van der Waals surface area (Å²) in [6.45, 7) is 4.52. The van der Waals surface area contributed by atoms with Gasteiger partial charge < -0.3 is 24.7 Å². The molecule has 0 saturated carbocycles. The van der Waals surface area contributed by atoms with E-state index in [9.17, 15) is 27.7 Å². The largest absolute Gasteiger partial charge is 0.455 e. The van der Waals surface area contributed by atoms with Gasteiger partial charge in [0.1, 0.15) is 28.7 Å². The summed E-state index contributed by atoms with van der Waals surface area (Å²) < 4.78 is 55.8. The first-order valence-electron chi connectivity index (χ1n) is 19.3. The van der Waals surface area contributed by atoms with Crippen LogP contribution in [0.25, 0.3) is 11.0 Å². The number of aromatic amines is 1. The third-order valence-corrected chi connectivity index (χ3v) is 12.6. The maximum Gasteiger partial charge on any atom is 0.293 e. The van der Waals surface area contributed by atoms with Gasteiger partial charge in [-0.25, -0.2) is 22.5 Å². The lowest BCUT2D eigenvalue weighted by Gasteiger charge is -2.40. The first kappa shape index (κ1) is 38.3. The quantitative estimate of drug-likeness (QED) is 0.0718. The number of amides is 1. The number of halogens is 1. The number of H-pyrrole nitrogens is 1. The van der Waals surface area contributed by atoms with Crippen molar-refractivity contribution in [3.05, 3.63) is 112 Å². The molecule has 2 aromatic heterocycles. The van der Waals surface area contributed by atoms with Crippen LogP contribution in [0.3, 0.4) is 0 Å². The van der Waals surface area contributed by atoms with Crippen LogP contribution in [0.2, 0.25) is 0 Å². The van der Waals surface area contributed by atoms with E-state index in [0.717, 1.165) is 79.9 Å². The van der Waals surface area contributed by atoms with Crippen LogP contribution in [-0.4, -0.2) is 80.1 Å². The number of hydrogen-bond acceptors (Lipinski definition) is 11. The first-order valence-corrected chi connectivity index (χ1v) is 20.8. The Kier molecular flexibility index (Phi) is 11.1. The maximum absolute atomic E-state index is 14.8. The summed E-state index contributed by atoms with van der Waals surface area (Å²) in [6.07, 6.45) is 8.58. The van der Waals surface area contributed by atoms with E-state index in [2.05, 4.69) is 35.9 Å². The number of fused-ring (bicyclic) bond motifs is 2. The average molecular weight is 798 g/mol. The van der Waals surface area contributed by atoms with Gasteiger partial charge in [-0.15, -0.1) is 0 Å². The van der Waals surface area contributed by atoms with E-state index in [1.54, 1.807) is 36.5 Å². The molecule has 0 unspecified atom stereocenters. The molecule has 57 heavy (non-hydrogen) atoms. The number of ether oxygens (including phenoxy) is 2. The van der Waals surface area contributed by atoms with Crippen LogP contribution in [0.5, 0.6) is 11.5 Å². The monoisotopic (exact) mass is 797 g/mol. The third kappa shape index (κ3) is 8.43. The molecule has 1 atom stereocenters. The lowest BCUT2D eigenvalue weighted by atomic mass is 9.96. The van der Waals surface area contributed by atoms with Crippen molar-refractivity contribution in [1.82, 2.24) is 19.6 Å². The lowest BCUT2D eigenvalue weighted by Crippen LogP contribution is -2.47. The highest BCUT2D eigenvalue weighted by Crippen LogP contribution is 2.37. The van der Waals surface area contributed by atoms with Crippen molar-refractivity contribution in [2.75, 3.05) is 56.2 Å². The van der Waals surface area contributed by atoms with Crippen LogP contribution in [-0.2, 0) is 21.2 Å². The predicted octanol–water partition coefficient (Wildman–Crippen LogP) is 6.95. The molecule has 1 aliphatic carbocycles. The van der Waals surface area contributed by atoms with E-state index < -0.39 is 31.4 Å². The van der Waals surface area contributed by atoms with Crippen LogP contribution in [0.15, 0.2) is 84.0 Å². The Hall–Kier alpha value is -5.58. The van der Waals surface area contributed by atoms with Crippen molar-refractivity contribution in [2.45, 2.75) is 49.5 Å². The van der Waals surface area contributed by atoms with Crippen molar-refractivity contribution in [2.24, 2.45) is 5.92 Å². The normalized spacial score (nSPS) is 18.1. The van der Waals surface area contributed by atoms with Crippen molar-refractivity contribution >= 4 is 44.0 Å². The van der Waals surface area contributed by atoms with Gasteiger partial charge in [0.05, 0.1) is 21.6 Å². The predicted molar refractivity (Wildman–Crippen MR) is 213 cm³/mol. The molecule has 8 rings (SSSR count). The van der Waals surface area contributed by atoms with Gasteiger partial charge in [0.25, 0.3) is 21.6 Å². The van der Waals surface area contributed by atoms with Gasteiger partial charge in [-0.3, -0.25) is 19.8 Å². The van der Waals surface area contributed by atoms with Gasteiger partial charge in [-0.1, -0.05) is 18.6 Å². The van der Waals surface area contributed by atoms with Gasteiger partial charge in [0, 0.05) is 81.4 Å². The minimum Gasteiger partial charge on any atom is -0.455 e. The van der Waals surface area contributed by atoms with Gasteiger partial charge in [-0.05, 0) is 91.6 Å². The Labute approximate surface area is 329 Å². The van der Waals surface area contributed by atoms with Crippen molar-refractivity contribution in [3.63, 3.8) is 0 Å². The summed E-state index contributed by atoms with van der Waals surface area (Å²) in [5, 5.41) is 15.9. The molecule has 14 nitrogen and oxygen atoms in total. The number of pyridine rings is 1. The van der Waals surface area contributed by atoms with Crippen molar-refractivity contribution in [3.8, 4) is 11.5 Å². The zero-order chi connectivity index (χ0) is 39.5. The van der Waals surface area contributed by atoms with E-state index in [1.165, 1.54) is 24.4 Å². The molecule has 0 radical (unpaired) electrons. The standard InChI is InChI=1S/C41H44FN7O7S/c42-35-6-3-5-33-32(35)4-1-2-7-37(33)48-18-16-47(17-19-48)29-8-10-34(39(23-29)56-30-22-28-12-15-43-40(28)45-26-30)41(50)46-57(53,54)31-9-11-36(38(24-31)49(51)52)44-25-27-13-20-55-21-14-27/h3,5-6,8-12,15,22-24,26-27,37,44H,1-2,4,7,13-14,16-21,25H2,(H,43,45)(H,46,50)/t37-/m1/s1. The van der Waals surface area contributed by atoms with E-state index in [0.29, 0.717) is 44.2 Å². The number of carbonyl (C=O) groups is 1. The van der Waals surface area contributed by atoms with Crippen LogP contribution in [0.1, 0.15) is 59.6 Å². The summed E-state index contributed by atoms with van der Waals surface area (Å²) >= 11 is 0. The van der Waals surface area contributed by atoms with Crippen LogP contribution < -0.4 is 19.7 Å². The average Bonchev–Trinajstić information content (AvgIpc) is 3.58. The van der Waals surface area contributed by atoms with E-state index >= 15 is 0 Å². The molecular weight excluding hydrogens is 754 g/mol. The van der Waals surface area contributed by atoms with Gasteiger partial charge >= 0.3 is 0 Å². The number of anilines is 2. The number of rotatable bonds is 11. The molecule has 0 bridgehead atoms. The van der Waals surface area contributed by atoms with E-state index in [1.807, 2.05) is 6.07 Å². The first-order chi connectivity index (χ1) is 27.6. The summed E-state index contributed by atoms with van der Waals surface area (Å²) in [5.74, 6) is -0.404. The number of nitro groups is 1. The highest BCUT2D eigenvalue weighted by molar-refractivity contribution is 7.90. The molecule has 2 fully saturated rings. The second-order valence-corrected chi connectivity index (χ2v) is 16.5. The molecule has 3 N–H and O–H groups in total. The molecular formula is C41H44FN7O7S. The molecule has 298 valence electrons. The number of benzene rings is 3. The van der Waals surface area contributed by atoms with Crippen molar-refractivity contribution in [1.29, 1.82) is 0 Å². The highest BCUT2D eigenvalue weighted by Gasteiger charge is 2.30. The molecule has 4 heterocycles. The van der Waals surface area contributed by atoms with Gasteiger partial charge in [-0.2, -0.15) is 0 Å². The molecule has 3 aromatic carbocycles. The number of aromatic nitrogens is 2. The topological polar surface area (TPSA) is 172 Å². The third-order valence-electron chi connectivity index (χ3n) is 11.2. The SMILES string of the molecule is O=C(NS(=O)(=O)c1ccc(NCC2CCOCC2)c([N+](=O)[O-])c1)c1ccc(N2CCN([C@@H]3CCCCc4c(F)cccc43)CC2)cc1Oc1cnc2[nH]ccc2c1.